The van der Waals surface area contributed by atoms with Crippen LogP contribution in [0.15, 0.2) is 36.4 Å². The zero-order valence-electron chi connectivity index (χ0n) is 10.4. The number of anilines is 2. The molecule has 2 aromatic rings. The minimum Gasteiger partial charge on any atom is -0.384 e. The predicted molar refractivity (Wildman–Crippen MR) is 73.1 cm³/mol. The number of nitrogens with two attached hydrogens (primary N) is 1. The molecule has 1 amide bonds. The second-order valence-electron chi connectivity index (χ2n) is 4.13. The average molecular weight is 316 g/mol. The molecule has 0 atom stereocenters. The summed E-state index contributed by atoms with van der Waals surface area (Å²) in [5.74, 6) is -0.481. The number of amides is 1. The predicted octanol–water partition coefficient (Wildman–Crippen LogP) is 3.59. The summed E-state index contributed by atoms with van der Waals surface area (Å²) in [7, 11) is 0. The first kappa shape index (κ1) is 15.1. The first-order valence-electron chi connectivity index (χ1n) is 5.67. The third kappa shape index (κ3) is 3.85. The lowest BCUT2D eigenvalue weighted by atomic mass is 10.2. The number of hydrogen-bond donors (Lipinski definition) is 2. The average Bonchev–Trinajstić information content (AvgIpc) is 2.37. The molecule has 1 aromatic carbocycles. The van der Waals surface area contributed by atoms with Gasteiger partial charge in [-0.25, -0.2) is 4.98 Å². The van der Waals surface area contributed by atoms with E-state index in [1.165, 1.54) is 12.1 Å². The van der Waals surface area contributed by atoms with Crippen LogP contribution in [0.4, 0.5) is 24.7 Å². The van der Waals surface area contributed by atoms with Gasteiger partial charge in [-0.3, -0.25) is 4.79 Å². The molecular weight excluding hydrogens is 307 g/mol. The normalized spacial score (nSPS) is 11.2. The molecule has 3 N–H and O–H groups in total. The Morgan fingerprint density at radius 1 is 1.19 bits per heavy atom. The number of rotatable bonds is 2. The molecule has 0 spiro atoms. The fourth-order valence-corrected chi connectivity index (χ4v) is 1.81. The Morgan fingerprint density at radius 2 is 1.81 bits per heavy atom. The molecule has 21 heavy (non-hydrogen) atoms. The smallest absolute Gasteiger partial charge is 0.384 e. The Bertz CT molecular complexity index is 651. The van der Waals surface area contributed by atoms with Gasteiger partial charge in [-0.05, 0) is 36.4 Å². The van der Waals surface area contributed by atoms with Gasteiger partial charge in [-0.15, -0.1) is 0 Å². The van der Waals surface area contributed by atoms with Crippen LogP contribution in [0.1, 0.15) is 15.9 Å². The second kappa shape index (κ2) is 5.61. The lowest BCUT2D eigenvalue weighted by Gasteiger charge is -2.09. The van der Waals surface area contributed by atoms with E-state index in [1.54, 1.807) is 0 Å². The van der Waals surface area contributed by atoms with E-state index in [0.717, 1.165) is 24.3 Å². The van der Waals surface area contributed by atoms with Crippen LogP contribution in [0, 0.1) is 0 Å². The second-order valence-corrected chi connectivity index (χ2v) is 4.52. The highest BCUT2D eigenvalue weighted by Gasteiger charge is 2.29. The number of hydrogen-bond acceptors (Lipinski definition) is 3. The zero-order chi connectivity index (χ0) is 15.6. The Kier molecular flexibility index (Phi) is 4.04. The zero-order valence-corrected chi connectivity index (χ0v) is 11.2. The molecule has 8 heteroatoms. The summed E-state index contributed by atoms with van der Waals surface area (Å²) >= 11 is 5.67. The van der Waals surface area contributed by atoms with Crippen LogP contribution in [0.5, 0.6) is 0 Å². The first-order valence-corrected chi connectivity index (χ1v) is 6.05. The molecule has 0 radical (unpaired) electrons. The maximum absolute atomic E-state index is 12.4. The molecule has 0 aliphatic heterocycles. The van der Waals surface area contributed by atoms with Crippen LogP contribution >= 0.6 is 11.6 Å². The van der Waals surface area contributed by atoms with Crippen LogP contribution in [-0.2, 0) is 6.18 Å². The summed E-state index contributed by atoms with van der Waals surface area (Å²) in [6.07, 6.45) is -4.42. The molecular formula is C13H9ClF3N3O. The van der Waals surface area contributed by atoms with Crippen molar-refractivity contribution >= 4 is 29.0 Å². The summed E-state index contributed by atoms with van der Waals surface area (Å²) in [5, 5.41) is 2.49. The first-order chi connectivity index (χ1) is 9.75. The summed E-state index contributed by atoms with van der Waals surface area (Å²) < 4.78 is 37.2. The van der Waals surface area contributed by atoms with E-state index >= 15 is 0 Å². The number of pyridine rings is 1. The molecule has 1 heterocycles. The van der Waals surface area contributed by atoms with Gasteiger partial charge in [0.15, 0.2) is 0 Å². The number of nitrogen functional groups attached to an aromatic ring is 1. The molecule has 2 rings (SSSR count). The monoisotopic (exact) mass is 315 g/mol. The number of nitrogens with one attached hydrogen (secondary N) is 1. The molecule has 0 bridgehead atoms. The molecule has 0 aliphatic rings. The van der Waals surface area contributed by atoms with Crippen molar-refractivity contribution < 1.29 is 18.0 Å². The van der Waals surface area contributed by atoms with Crippen LogP contribution in [-0.4, -0.2) is 10.9 Å². The number of halogens is 4. The van der Waals surface area contributed by atoms with Gasteiger partial charge in [0.2, 0.25) is 0 Å². The Morgan fingerprint density at radius 3 is 2.33 bits per heavy atom. The van der Waals surface area contributed by atoms with E-state index in [0.29, 0.717) is 0 Å². The van der Waals surface area contributed by atoms with Crippen molar-refractivity contribution in [1.82, 2.24) is 4.98 Å². The number of carbonyl (C=O) groups excluding carboxylic acids is 1. The summed E-state index contributed by atoms with van der Waals surface area (Å²) in [6.45, 7) is 0. The summed E-state index contributed by atoms with van der Waals surface area (Å²) in [5.41, 5.74) is 5.04. The molecule has 110 valence electrons. The van der Waals surface area contributed by atoms with Crippen molar-refractivity contribution in [1.29, 1.82) is 0 Å². The van der Waals surface area contributed by atoms with Gasteiger partial charge in [0.05, 0.1) is 5.56 Å². The molecule has 0 fully saturated rings. The highest BCUT2D eigenvalue weighted by Crippen LogP contribution is 2.29. The Balaban J connectivity index is 2.16. The molecule has 0 unspecified atom stereocenters. The Labute approximate surface area is 122 Å². The van der Waals surface area contributed by atoms with Gasteiger partial charge in [0.25, 0.3) is 5.91 Å². The highest BCUT2D eigenvalue weighted by molar-refractivity contribution is 6.30. The minimum absolute atomic E-state index is 0.0487. The van der Waals surface area contributed by atoms with Crippen molar-refractivity contribution in [3.8, 4) is 0 Å². The van der Waals surface area contributed by atoms with E-state index < -0.39 is 17.6 Å². The molecule has 0 aliphatic carbocycles. The molecule has 0 saturated carbocycles. The fraction of sp³-hybridized carbons (Fsp3) is 0.0769. The number of alkyl halides is 3. The van der Waals surface area contributed by atoms with Gasteiger partial charge in [-0.1, -0.05) is 11.6 Å². The largest absolute Gasteiger partial charge is 0.416 e. The van der Waals surface area contributed by atoms with E-state index in [1.807, 2.05) is 0 Å². The summed E-state index contributed by atoms with van der Waals surface area (Å²) in [6, 6.07) is 6.69. The number of benzene rings is 1. The lowest BCUT2D eigenvalue weighted by molar-refractivity contribution is -0.137. The number of carbonyl (C=O) groups is 1. The standard InChI is InChI=1S/C13H9ClF3N3O/c14-10-5-7(6-11(18)20-10)12(21)19-9-3-1-8(2-4-9)13(15,16)17/h1-6H,(H2,18,20)(H,19,21). The van der Waals surface area contributed by atoms with E-state index in [-0.39, 0.29) is 22.2 Å². The van der Waals surface area contributed by atoms with Crippen LogP contribution in [0.25, 0.3) is 0 Å². The molecule has 4 nitrogen and oxygen atoms in total. The van der Waals surface area contributed by atoms with Gasteiger partial charge in [0.1, 0.15) is 11.0 Å². The third-order valence-corrected chi connectivity index (χ3v) is 2.74. The molecule has 1 aromatic heterocycles. The van der Waals surface area contributed by atoms with E-state index in [9.17, 15) is 18.0 Å². The SMILES string of the molecule is Nc1cc(C(=O)Nc2ccc(C(F)(F)F)cc2)cc(Cl)n1. The van der Waals surface area contributed by atoms with Gasteiger partial charge in [0, 0.05) is 11.3 Å². The number of aromatic nitrogens is 1. The van der Waals surface area contributed by atoms with Gasteiger partial charge < -0.3 is 11.1 Å². The lowest BCUT2D eigenvalue weighted by Crippen LogP contribution is -2.13. The third-order valence-electron chi connectivity index (χ3n) is 2.55. The van der Waals surface area contributed by atoms with Crippen LogP contribution in [0.3, 0.4) is 0 Å². The maximum Gasteiger partial charge on any atom is 0.416 e. The van der Waals surface area contributed by atoms with Crippen molar-refractivity contribution in [3.05, 3.63) is 52.7 Å². The van der Waals surface area contributed by atoms with Crippen molar-refractivity contribution in [2.24, 2.45) is 0 Å². The highest BCUT2D eigenvalue weighted by atomic mass is 35.5. The Hall–Kier alpha value is -2.28. The van der Waals surface area contributed by atoms with Crippen molar-refractivity contribution in [2.75, 3.05) is 11.1 Å². The van der Waals surface area contributed by atoms with Crippen LogP contribution < -0.4 is 11.1 Å². The van der Waals surface area contributed by atoms with Crippen LogP contribution in [0.2, 0.25) is 5.15 Å². The summed E-state index contributed by atoms with van der Waals surface area (Å²) in [4.78, 5) is 15.6. The minimum atomic E-state index is -4.42. The van der Waals surface area contributed by atoms with Gasteiger partial charge >= 0.3 is 6.18 Å². The van der Waals surface area contributed by atoms with Gasteiger partial charge in [-0.2, -0.15) is 13.2 Å². The number of nitrogens with zero attached hydrogens (tertiary/aromatic N) is 1. The topological polar surface area (TPSA) is 68.0 Å². The quantitative estimate of drug-likeness (QED) is 0.832. The fourth-order valence-electron chi connectivity index (χ4n) is 1.59. The van der Waals surface area contributed by atoms with E-state index in [2.05, 4.69) is 10.3 Å². The maximum atomic E-state index is 12.4. The van der Waals surface area contributed by atoms with E-state index in [4.69, 9.17) is 17.3 Å². The van der Waals surface area contributed by atoms with Crippen molar-refractivity contribution in [2.45, 2.75) is 6.18 Å². The van der Waals surface area contributed by atoms with Crippen molar-refractivity contribution in [3.63, 3.8) is 0 Å². The molecule has 0 saturated heterocycles.